The van der Waals surface area contributed by atoms with E-state index in [0.717, 1.165) is 58.2 Å². The van der Waals surface area contributed by atoms with Crippen LogP contribution in [0.1, 0.15) is 18.9 Å². The van der Waals surface area contributed by atoms with Crippen LogP contribution in [0.25, 0.3) is 0 Å². The van der Waals surface area contributed by atoms with Gasteiger partial charge in [-0.3, -0.25) is 4.90 Å². The first-order valence-electron chi connectivity index (χ1n) is 8.11. The molecule has 2 heterocycles. The number of rotatable bonds is 4. The lowest BCUT2D eigenvalue weighted by Crippen LogP contribution is -2.47. The highest BCUT2D eigenvalue weighted by Gasteiger charge is 2.27. The molecule has 2 atom stereocenters. The smallest absolute Gasteiger partial charge is 0.123 e. The minimum atomic E-state index is 0.573. The molecule has 1 saturated heterocycles. The van der Waals surface area contributed by atoms with E-state index in [1.54, 1.807) is 0 Å². The number of nitrogens with one attached hydrogen (secondary N) is 1. The van der Waals surface area contributed by atoms with Gasteiger partial charge in [-0.05, 0) is 19.0 Å². The molecule has 1 fully saturated rings. The van der Waals surface area contributed by atoms with Crippen LogP contribution in [0.5, 0.6) is 5.75 Å². The van der Waals surface area contributed by atoms with Gasteiger partial charge in [0.05, 0.1) is 6.61 Å². The summed E-state index contributed by atoms with van der Waals surface area (Å²) in [7, 11) is 0. The molecule has 4 heteroatoms. The van der Waals surface area contributed by atoms with Gasteiger partial charge < -0.3 is 14.8 Å². The van der Waals surface area contributed by atoms with Gasteiger partial charge in [-0.25, -0.2) is 0 Å². The number of hydrogen-bond acceptors (Lipinski definition) is 4. The van der Waals surface area contributed by atoms with Crippen LogP contribution in [-0.4, -0.2) is 50.4 Å². The first-order valence-corrected chi connectivity index (χ1v) is 8.11. The Morgan fingerprint density at radius 1 is 1.29 bits per heavy atom. The molecule has 4 nitrogen and oxygen atoms in total. The molecule has 2 aliphatic rings. The van der Waals surface area contributed by atoms with Gasteiger partial charge in [0.15, 0.2) is 0 Å². The second-order valence-electron chi connectivity index (χ2n) is 5.98. The van der Waals surface area contributed by atoms with Gasteiger partial charge in [-0.1, -0.05) is 25.1 Å². The van der Waals surface area contributed by atoms with Crippen LogP contribution in [0, 0.1) is 5.92 Å². The molecule has 2 unspecified atom stereocenters. The first kappa shape index (κ1) is 14.8. The summed E-state index contributed by atoms with van der Waals surface area (Å²) in [5, 5.41) is 3.62. The monoisotopic (exact) mass is 290 g/mol. The lowest BCUT2D eigenvalue weighted by Gasteiger charge is -2.35. The van der Waals surface area contributed by atoms with Crippen molar-refractivity contribution in [3.05, 3.63) is 29.8 Å². The Hall–Kier alpha value is -1.10. The van der Waals surface area contributed by atoms with Gasteiger partial charge in [-0.2, -0.15) is 0 Å². The van der Waals surface area contributed by atoms with E-state index in [1.807, 2.05) is 6.07 Å². The van der Waals surface area contributed by atoms with Gasteiger partial charge in [0.2, 0.25) is 0 Å². The average Bonchev–Trinajstić information content (AvgIpc) is 2.71. The fourth-order valence-electron chi connectivity index (χ4n) is 3.38. The molecule has 0 spiro atoms. The Labute approximate surface area is 127 Å². The highest BCUT2D eigenvalue weighted by Crippen LogP contribution is 2.24. The van der Waals surface area contributed by atoms with Crippen LogP contribution in [-0.2, 0) is 11.3 Å². The number of ether oxygens (including phenoxy) is 2. The third-order valence-electron chi connectivity index (χ3n) is 4.46. The molecule has 116 valence electrons. The molecule has 2 aliphatic heterocycles. The maximum Gasteiger partial charge on any atom is 0.123 e. The largest absolute Gasteiger partial charge is 0.492 e. The van der Waals surface area contributed by atoms with E-state index >= 15 is 0 Å². The zero-order chi connectivity index (χ0) is 14.5. The van der Waals surface area contributed by atoms with Crippen LogP contribution >= 0.6 is 0 Å². The maximum absolute atomic E-state index is 5.85. The number of benzene rings is 1. The lowest BCUT2D eigenvalue weighted by molar-refractivity contribution is 0.0152. The molecule has 0 aromatic heterocycles. The summed E-state index contributed by atoms with van der Waals surface area (Å²) in [4.78, 5) is 2.51. The molecule has 0 saturated carbocycles. The molecule has 21 heavy (non-hydrogen) atoms. The second kappa shape index (κ2) is 7.25. The van der Waals surface area contributed by atoms with Crippen LogP contribution in [0.2, 0.25) is 0 Å². The molecule has 0 bridgehead atoms. The minimum Gasteiger partial charge on any atom is -0.492 e. The van der Waals surface area contributed by atoms with Crippen LogP contribution in [0.3, 0.4) is 0 Å². The third kappa shape index (κ3) is 3.76. The molecule has 0 aliphatic carbocycles. The number of nitrogens with zero attached hydrogens (tertiary/aromatic N) is 1. The normalized spacial score (nSPS) is 26.7. The number of fused-ring (bicyclic) bond motifs is 1. The van der Waals surface area contributed by atoms with E-state index in [0.29, 0.717) is 12.0 Å². The van der Waals surface area contributed by atoms with E-state index in [4.69, 9.17) is 9.47 Å². The van der Waals surface area contributed by atoms with E-state index in [1.165, 1.54) is 5.56 Å². The molecule has 0 radical (unpaired) electrons. The van der Waals surface area contributed by atoms with Crippen LogP contribution < -0.4 is 10.1 Å². The standard InChI is InChI=1S/C17H26N2O2/c1-2-18-16-7-9-20-13-15(16)12-19-8-10-21-17-6-4-3-5-14(17)11-19/h3-6,15-16,18H,2,7-13H2,1H3. The molecule has 3 rings (SSSR count). The number of hydrogen-bond donors (Lipinski definition) is 1. The fraction of sp³-hybridized carbons (Fsp3) is 0.647. The van der Waals surface area contributed by atoms with Gasteiger partial charge in [0.1, 0.15) is 12.4 Å². The summed E-state index contributed by atoms with van der Waals surface area (Å²) in [6.07, 6.45) is 1.12. The summed E-state index contributed by atoms with van der Waals surface area (Å²) in [5.41, 5.74) is 1.30. The Morgan fingerprint density at radius 3 is 3.10 bits per heavy atom. The maximum atomic E-state index is 5.85. The predicted molar refractivity (Wildman–Crippen MR) is 83.6 cm³/mol. The second-order valence-corrected chi connectivity index (χ2v) is 5.98. The topological polar surface area (TPSA) is 33.7 Å². The van der Waals surface area contributed by atoms with Crippen molar-refractivity contribution in [2.75, 3.05) is 39.5 Å². The Kier molecular flexibility index (Phi) is 5.12. The highest BCUT2D eigenvalue weighted by molar-refractivity contribution is 5.33. The molecule has 1 aromatic rings. The van der Waals surface area contributed by atoms with Gasteiger partial charge in [0.25, 0.3) is 0 Å². The zero-order valence-corrected chi connectivity index (χ0v) is 12.9. The van der Waals surface area contributed by atoms with Crippen molar-refractivity contribution in [2.24, 2.45) is 5.92 Å². The summed E-state index contributed by atoms with van der Waals surface area (Å²) < 4.78 is 11.6. The Bertz CT molecular complexity index is 450. The Morgan fingerprint density at radius 2 is 2.19 bits per heavy atom. The van der Waals surface area contributed by atoms with E-state index in [2.05, 4.69) is 35.3 Å². The van der Waals surface area contributed by atoms with Crippen molar-refractivity contribution in [2.45, 2.75) is 25.9 Å². The van der Waals surface area contributed by atoms with Crippen molar-refractivity contribution in [3.63, 3.8) is 0 Å². The quantitative estimate of drug-likeness (QED) is 0.918. The first-order chi connectivity index (χ1) is 10.4. The molecular weight excluding hydrogens is 264 g/mol. The summed E-state index contributed by atoms with van der Waals surface area (Å²) >= 11 is 0. The van der Waals surface area contributed by atoms with Crippen molar-refractivity contribution in [3.8, 4) is 5.75 Å². The molecule has 1 aromatic carbocycles. The molecule has 0 amide bonds. The van der Waals surface area contributed by atoms with E-state index < -0.39 is 0 Å². The third-order valence-corrected chi connectivity index (χ3v) is 4.46. The molecular formula is C17H26N2O2. The molecule has 1 N–H and O–H groups in total. The van der Waals surface area contributed by atoms with Crippen molar-refractivity contribution in [1.82, 2.24) is 10.2 Å². The van der Waals surface area contributed by atoms with Gasteiger partial charge in [0, 0.05) is 43.8 Å². The number of para-hydroxylation sites is 1. The minimum absolute atomic E-state index is 0.573. The average molecular weight is 290 g/mol. The van der Waals surface area contributed by atoms with Crippen molar-refractivity contribution < 1.29 is 9.47 Å². The van der Waals surface area contributed by atoms with Gasteiger partial charge >= 0.3 is 0 Å². The van der Waals surface area contributed by atoms with Crippen molar-refractivity contribution in [1.29, 1.82) is 0 Å². The summed E-state index contributed by atoms with van der Waals surface area (Å²) in [6.45, 7) is 8.80. The lowest BCUT2D eigenvalue weighted by atomic mass is 9.95. The van der Waals surface area contributed by atoms with E-state index in [9.17, 15) is 0 Å². The Balaban J connectivity index is 1.64. The summed E-state index contributed by atoms with van der Waals surface area (Å²) in [5.74, 6) is 1.62. The summed E-state index contributed by atoms with van der Waals surface area (Å²) in [6, 6.07) is 8.97. The zero-order valence-electron chi connectivity index (χ0n) is 12.9. The highest BCUT2D eigenvalue weighted by atomic mass is 16.5. The van der Waals surface area contributed by atoms with Crippen molar-refractivity contribution >= 4 is 0 Å². The van der Waals surface area contributed by atoms with Crippen LogP contribution in [0.4, 0.5) is 0 Å². The van der Waals surface area contributed by atoms with Gasteiger partial charge in [-0.15, -0.1) is 0 Å². The van der Waals surface area contributed by atoms with Crippen LogP contribution in [0.15, 0.2) is 24.3 Å². The SMILES string of the molecule is CCNC1CCOCC1CN1CCOc2ccccc2C1. The fourth-order valence-corrected chi connectivity index (χ4v) is 3.38. The predicted octanol–water partition coefficient (Wildman–Crippen LogP) is 1.90. The van der Waals surface area contributed by atoms with E-state index in [-0.39, 0.29) is 0 Å².